The maximum absolute atomic E-state index is 4.40. The Bertz CT molecular complexity index is 736. The Morgan fingerprint density at radius 2 is 2.00 bits per heavy atom. The molecule has 3 aromatic rings. The molecule has 0 aliphatic carbocycles. The minimum Gasteiger partial charge on any atom is -0.361 e. The van der Waals surface area contributed by atoms with Crippen LogP contribution >= 0.6 is 11.3 Å². The third-order valence-electron chi connectivity index (χ3n) is 3.45. The maximum atomic E-state index is 4.40. The molecule has 20 heavy (non-hydrogen) atoms. The van der Waals surface area contributed by atoms with Crippen LogP contribution < -0.4 is 5.32 Å². The predicted octanol–water partition coefficient (Wildman–Crippen LogP) is 3.88. The van der Waals surface area contributed by atoms with Crippen molar-refractivity contribution in [3.05, 3.63) is 46.9 Å². The molecule has 0 fully saturated rings. The van der Waals surface area contributed by atoms with Gasteiger partial charge in [-0.25, -0.2) is 9.97 Å². The van der Waals surface area contributed by atoms with Crippen LogP contribution in [0.25, 0.3) is 10.2 Å². The van der Waals surface area contributed by atoms with Gasteiger partial charge in [0.15, 0.2) is 0 Å². The SMILES string of the molecule is Cc1sc2ncnc(N[C@H](C)c3ccccn3)c2c1C. The molecule has 0 aliphatic heterocycles. The Morgan fingerprint density at radius 1 is 1.15 bits per heavy atom. The van der Waals surface area contributed by atoms with E-state index in [4.69, 9.17) is 0 Å². The van der Waals surface area contributed by atoms with Crippen molar-refractivity contribution in [2.24, 2.45) is 0 Å². The van der Waals surface area contributed by atoms with Gasteiger partial charge in [-0.15, -0.1) is 11.3 Å². The highest BCUT2D eigenvalue weighted by Crippen LogP contribution is 2.33. The number of pyridine rings is 1. The zero-order chi connectivity index (χ0) is 14.1. The average molecular weight is 284 g/mol. The molecule has 0 spiro atoms. The first-order valence-electron chi connectivity index (χ1n) is 6.55. The summed E-state index contributed by atoms with van der Waals surface area (Å²) in [6.45, 7) is 6.33. The number of fused-ring (bicyclic) bond motifs is 1. The molecule has 1 N–H and O–H groups in total. The standard InChI is InChI=1S/C15H16N4S/c1-9-11(3)20-15-13(9)14(17-8-18-15)19-10(2)12-6-4-5-7-16-12/h4-8,10H,1-3H3,(H,17,18,19)/t10-/m1/s1. The smallest absolute Gasteiger partial charge is 0.138 e. The Hall–Kier alpha value is -2.01. The van der Waals surface area contributed by atoms with Crippen molar-refractivity contribution in [2.45, 2.75) is 26.8 Å². The lowest BCUT2D eigenvalue weighted by Gasteiger charge is -2.14. The molecule has 0 aliphatic rings. The van der Waals surface area contributed by atoms with E-state index in [2.05, 4.69) is 41.0 Å². The molecule has 0 saturated carbocycles. The number of hydrogen-bond acceptors (Lipinski definition) is 5. The first-order valence-corrected chi connectivity index (χ1v) is 7.36. The van der Waals surface area contributed by atoms with Gasteiger partial charge >= 0.3 is 0 Å². The number of thiophene rings is 1. The van der Waals surface area contributed by atoms with Gasteiger partial charge in [0.05, 0.1) is 17.1 Å². The van der Waals surface area contributed by atoms with Gasteiger partial charge in [0, 0.05) is 11.1 Å². The van der Waals surface area contributed by atoms with Crippen molar-refractivity contribution in [1.29, 1.82) is 0 Å². The summed E-state index contributed by atoms with van der Waals surface area (Å²) in [6.07, 6.45) is 3.42. The van der Waals surface area contributed by atoms with Crippen molar-refractivity contribution in [1.82, 2.24) is 15.0 Å². The second-order valence-electron chi connectivity index (χ2n) is 4.81. The first kappa shape index (κ1) is 13.0. The Labute approximate surface area is 121 Å². The molecular weight excluding hydrogens is 268 g/mol. The summed E-state index contributed by atoms with van der Waals surface area (Å²) in [5.74, 6) is 0.884. The minimum absolute atomic E-state index is 0.105. The fraction of sp³-hybridized carbons (Fsp3) is 0.267. The highest BCUT2D eigenvalue weighted by Gasteiger charge is 2.14. The Balaban J connectivity index is 1.99. The van der Waals surface area contributed by atoms with Crippen LogP contribution in [-0.4, -0.2) is 15.0 Å². The van der Waals surface area contributed by atoms with E-state index in [1.165, 1.54) is 10.4 Å². The van der Waals surface area contributed by atoms with Gasteiger partial charge < -0.3 is 5.32 Å². The van der Waals surface area contributed by atoms with Crippen LogP contribution in [0, 0.1) is 13.8 Å². The number of anilines is 1. The summed E-state index contributed by atoms with van der Waals surface area (Å²) in [5.41, 5.74) is 2.25. The molecule has 102 valence electrons. The van der Waals surface area contributed by atoms with Crippen molar-refractivity contribution >= 4 is 27.4 Å². The molecule has 3 heterocycles. The van der Waals surface area contributed by atoms with Crippen molar-refractivity contribution in [3.8, 4) is 0 Å². The van der Waals surface area contributed by atoms with Crippen LogP contribution in [-0.2, 0) is 0 Å². The first-order chi connectivity index (χ1) is 9.66. The summed E-state index contributed by atoms with van der Waals surface area (Å²) in [5, 5.41) is 4.57. The molecule has 0 aromatic carbocycles. The molecule has 0 bridgehead atoms. The van der Waals surface area contributed by atoms with Gasteiger partial charge in [0.2, 0.25) is 0 Å². The number of nitrogens with zero attached hydrogens (tertiary/aromatic N) is 3. The molecule has 1 atom stereocenters. The molecule has 5 heteroatoms. The molecule has 3 aromatic heterocycles. The average Bonchev–Trinajstić information content (AvgIpc) is 2.76. The largest absolute Gasteiger partial charge is 0.361 e. The lowest BCUT2D eigenvalue weighted by Crippen LogP contribution is -2.09. The molecule has 0 saturated heterocycles. The van der Waals surface area contributed by atoms with E-state index in [1.807, 2.05) is 24.4 Å². The molecular formula is C15H16N4S. The van der Waals surface area contributed by atoms with E-state index in [1.54, 1.807) is 17.7 Å². The van der Waals surface area contributed by atoms with E-state index >= 15 is 0 Å². The zero-order valence-corrected chi connectivity index (χ0v) is 12.5. The molecule has 0 radical (unpaired) electrons. The number of hydrogen-bond donors (Lipinski definition) is 1. The molecule has 0 unspecified atom stereocenters. The van der Waals surface area contributed by atoms with Crippen LogP contribution in [0.4, 0.5) is 5.82 Å². The van der Waals surface area contributed by atoms with Gasteiger partial charge in [-0.3, -0.25) is 4.98 Å². The second-order valence-corrected chi connectivity index (χ2v) is 6.01. The van der Waals surface area contributed by atoms with Crippen molar-refractivity contribution < 1.29 is 0 Å². The molecule has 4 nitrogen and oxygen atoms in total. The Kier molecular flexibility index (Phi) is 3.36. The maximum Gasteiger partial charge on any atom is 0.138 e. The lowest BCUT2D eigenvalue weighted by atomic mass is 10.2. The summed E-state index contributed by atoms with van der Waals surface area (Å²) in [6, 6.07) is 6.04. The summed E-state index contributed by atoms with van der Waals surface area (Å²) in [4.78, 5) is 15.5. The summed E-state index contributed by atoms with van der Waals surface area (Å²) in [7, 11) is 0. The van der Waals surface area contributed by atoms with E-state index in [-0.39, 0.29) is 6.04 Å². The van der Waals surface area contributed by atoms with Gasteiger partial charge in [-0.05, 0) is 38.5 Å². The normalized spacial score (nSPS) is 12.6. The monoisotopic (exact) mass is 284 g/mol. The van der Waals surface area contributed by atoms with E-state index in [9.17, 15) is 0 Å². The minimum atomic E-state index is 0.105. The van der Waals surface area contributed by atoms with E-state index in [0.29, 0.717) is 0 Å². The molecule has 3 rings (SSSR count). The lowest BCUT2D eigenvalue weighted by molar-refractivity contribution is 0.833. The Morgan fingerprint density at radius 3 is 2.75 bits per heavy atom. The van der Waals surface area contributed by atoms with Crippen LogP contribution in [0.15, 0.2) is 30.7 Å². The number of aryl methyl sites for hydroxylation is 2. The quantitative estimate of drug-likeness (QED) is 0.793. The predicted molar refractivity (Wildman–Crippen MR) is 83.2 cm³/mol. The zero-order valence-electron chi connectivity index (χ0n) is 11.7. The van der Waals surface area contributed by atoms with Crippen LogP contribution in [0.2, 0.25) is 0 Å². The highest BCUT2D eigenvalue weighted by molar-refractivity contribution is 7.18. The fourth-order valence-electron chi connectivity index (χ4n) is 2.20. The number of nitrogens with one attached hydrogen (secondary N) is 1. The third kappa shape index (κ3) is 2.25. The third-order valence-corrected chi connectivity index (χ3v) is 4.57. The van der Waals surface area contributed by atoms with Crippen LogP contribution in [0.5, 0.6) is 0 Å². The number of rotatable bonds is 3. The van der Waals surface area contributed by atoms with Crippen molar-refractivity contribution in [2.75, 3.05) is 5.32 Å². The van der Waals surface area contributed by atoms with Gasteiger partial charge in [0.1, 0.15) is 17.0 Å². The summed E-state index contributed by atoms with van der Waals surface area (Å²) >= 11 is 1.71. The fourth-order valence-corrected chi connectivity index (χ4v) is 3.20. The van der Waals surface area contributed by atoms with Crippen LogP contribution in [0.3, 0.4) is 0 Å². The summed E-state index contributed by atoms with van der Waals surface area (Å²) < 4.78 is 0. The second kappa shape index (κ2) is 5.17. The molecule has 0 amide bonds. The topological polar surface area (TPSA) is 50.7 Å². The van der Waals surface area contributed by atoms with Gasteiger partial charge in [-0.2, -0.15) is 0 Å². The van der Waals surface area contributed by atoms with E-state index < -0.39 is 0 Å². The van der Waals surface area contributed by atoms with Gasteiger partial charge in [-0.1, -0.05) is 6.07 Å². The van der Waals surface area contributed by atoms with Crippen molar-refractivity contribution in [3.63, 3.8) is 0 Å². The highest BCUT2D eigenvalue weighted by atomic mass is 32.1. The number of aromatic nitrogens is 3. The van der Waals surface area contributed by atoms with E-state index in [0.717, 1.165) is 21.7 Å². The van der Waals surface area contributed by atoms with Crippen LogP contribution in [0.1, 0.15) is 29.1 Å². The van der Waals surface area contributed by atoms with Gasteiger partial charge in [0.25, 0.3) is 0 Å².